The molecule has 11 heteroatoms. The van der Waals surface area contributed by atoms with E-state index in [-0.39, 0.29) is 6.79 Å². The number of fused-ring (bicyclic) bond motifs is 3. The second-order valence-electron chi connectivity index (χ2n) is 7.58. The molecule has 2 aromatic carbocycles. The highest BCUT2D eigenvalue weighted by molar-refractivity contribution is 8.03. The Morgan fingerprint density at radius 1 is 1.15 bits per heavy atom. The maximum absolute atomic E-state index is 11.9. The highest BCUT2D eigenvalue weighted by Crippen LogP contribution is 2.49. The Kier molecular flexibility index (Phi) is 5.38. The van der Waals surface area contributed by atoms with Crippen molar-refractivity contribution in [2.45, 2.75) is 30.8 Å². The van der Waals surface area contributed by atoms with Gasteiger partial charge in [-0.15, -0.1) is 0 Å². The van der Waals surface area contributed by atoms with Gasteiger partial charge in [-0.25, -0.2) is 9.59 Å². The Hall–Kier alpha value is -2.95. The van der Waals surface area contributed by atoms with E-state index in [4.69, 9.17) is 21.1 Å². The van der Waals surface area contributed by atoms with Gasteiger partial charge in [0.05, 0.1) is 22.9 Å². The number of benzene rings is 2. The van der Waals surface area contributed by atoms with E-state index in [0.717, 1.165) is 9.60 Å². The van der Waals surface area contributed by atoms with Crippen LogP contribution in [0.3, 0.4) is 0 Å². The molecule has 1 aromatic heterocycles. The van der Waals surface area contributed by atoms with Gasteiger partial charge in [0.15, 0.2) is 11.5 Å². The van der Waals surface area contributed by atoms with Crippen molar-refractivity contribution < 1.29 is 33.8 Å². The fourth-order valence-corrected chi connectivity index (χ4v) is 6.40. The molecule has 0 fully saturated rings. The highest BCUT2D eigenvalue weighted by atomic mass is 35.5. The molecule has 8 nitrogen and oxygen atoms in total. The summed E-state index contributed by atoms with van der Waals surface area (Å²) in [5.74, 6) is -0.800. The van der Waals surface area contributed by atoms with Crippen molar-refractivity contribution in [1.82, 2.24) is 0 Å². The van der Waals surface area contributed by atoms with Crippen LogP contribution in [0.15, 0.2) is 40.3 Å². The molecule has 3 heterocycles. The number of carboxylic acid groups (broad SMARTS) is 2. The molecule has 0 saturated heterocycles. The summed E-state index contributed by atoms with van der Waals surface area (Å²) in [6, 6.07) is 7.25. The molecular weight excluding hydrogens is 488 g/mol. The number of thiazole rings is 1. The summed E-state index contributed by atoms with van der Waals surface area (Å²) in [7, 11) is 0. The van der Waals surface area contributed by atoms with Gasteiger partial charge in [-0.3, -0.25) is 0 Å². The van der Waals surface area contributed by atoms with E-state index >= 15 is 0 Å². The van der Waals surface area contributed by atoms with Crippen LogP contribution in [-0.2, 0) is 9.59 Å². The average Bonchev–Trinajstić information content (AvgIpc) is 3.45. The van der Waals surface area contributed by atoms with Crippen LogP contribution in [0.1, 0.15) is 24.9 Å². The lowest BCUT2D eigenvalue weighted by Crippen LogP contribution is -2.43. The Labute approximate surface area is 201 Å². The Morgan fingerprint density at radius 2 is 1.88 bits per heavy atom. The van der Waals surface area contributed by atoms with E-state index in [1.54, 1.807) is 41.5 Å². The SMILES string of the molecule is CC(C(=O)O)N1/C(=C/c2sc3cc4c(cc3[n+]2C(C)C(=O)O)OCO4)Sc2ccc(Cl)cc21. The molecule has 0 aliphatic carbocycles. The number of nitrogens with zero attached hydrogens (tertiary/aromatic N) is 2. The molecule has 33 heavy (non-hydrogen) atoms. The summed E-state index contributed by atoms with van der Waals surface area (Å²) in [6.07, 6.45) is 1.83. The van der Waals surface area contributed by atoms with Crippen LogP contribution in [0, 0.1) is 0 Å². The lowest BCUT2D eigenvalue weighted by Gasteiger charge is -2.24. The van der Waals surface area contributed by atoms with Gasteiger partial charge >= 0.3 is 11.9 Å². The predicted octanol–water partition coefficient (Wildman–Crippen LogP) is 4.60. The number of hydrogen-bond donors (Lipinski definition) is 2. The molecule has 2 aliphatic rings. The molecule has 170 valence electrons. The number of carbonyl (C=O) groups is 2. The first-order valence-corrected chi connectivity index (χ1v) is 12.0. The number of aromatic nitrogens is 1. The molecule has 0 saturated carbocycles. The number of rotatable bonds is 5. The molecule has 2 N–H and O–H groups in total. The van der Waals surface area contributed by atoms with Crippen LogP contribution in [0.25, 0.3) is 16.3 Å². The van der Waals surface area contributed by atoms with Gasteiger partial charge in [-0.1, -0.05) is 34.7 Å². The van der Waals surface area contributed by atoms with E-state index in [2.05, 4.69) is 0 Å². The molecule has 0 bridgehead atoms. The van der Waals surface area contributed by atoms with Crippen molar-refractivity contribution in [2.24, 2.45) is 0 Å². The summed E-state index contributed by atoms with van der Waals surface area (Å²) in [5, 5.41) is 21.3. The third kappa shape index (κ3) is 3.68. The van der Waals surface area contributed by atoms with Gasteiger partial charge in [-0.2, -0.15) is 4.57 Å². The highest BCUT2D eigenvalue weighted by Gasteiger charge is 2.36. The number of aliphatic carboxylic acids is 2. The lowest BCUT2D eigenvalue weighted by molar-refractivity contribution is -0.680. The van der Waals surface area contributed by atoms with E-state index in [0.29, 0.717) is 37.8 Å². The van der Waals surface area contributed by atoms with Crippen molar-refractivity contribution in [3.05, 3.63) is 45.4 Å². The number of ether oxygens (including phenoxy) is 2. The molecule has 0 amide bonds. The van der Waals surface area contributed by atoms with Crippen LogP contribution in [0.2, 0.25) is 5.02 Å². The molecule has 2 unspecified atom stereocenters. The van der Waals surface area contributed by atoms with Crippen molar-refractivity contribution in [3.8, 4) is 11.5 Å². The first-order chi connectivity index (χ1) is 15.7. The largest absolute Gasteiger partial charge is 0.480 e. The molecule has 0 radical (unpaired) electrons. The van der Waals surface area contributed by atoms with Crippen LogP contribution >= 0.6 is 34.7 Å². The summed E-state index contributed by atoms with van der Waals surface area (Å²) >= 11 is 9.01. The first kappa shape index (κ1) is 21.9. The maximum atomic E-state index is 11.9. The monoisotopic (exact) mass is 505 g/mol. The topological polar surface area (TPSA) is 100 Å². The Morgan fingerprint density at radius 3 is 2.58 bits per heavy atom. The molecular formula is C22H18ClN2O6S2+. The van der Waals surface area contributed by atoms with Gasteiger partial charge in [0.2, 0.25) is 12.3 Å². The molecule has 2 aliphatic heterocycles. The molecule has 3 aromatic rings. The third-order valence-corrected chi connectivity index (χ3v) is 7.93. The number of carboxylic acids is 2. The maximum Gasteiger partial charge on any atom is 0.373 e. The molecule has 2 atom stereocenters. The van der Waals surface area contributed by atoms with E-state index < -0.39 is 24.0 Å². The first-order valence-electron chi connectivity index (χ1n) is 9.96. The van der Waals surface area contributed by atoms with Crippen molar-refractivity contribution >= 4 is 68.6 Å². The minimum absolute atomic E-state index is 0.123. The van der Waals surface area contributed by atoms with Crippen molar-refractivity contribution in [2.75, 3.05) is 11.7 Å². The lowest BCUT2D eigenvalue weighted by atomic mass is 10.2. The summed E-state index contributed by atoms with van der Waals surface area (Å²) < 4.78 is 13.5. The number of halogens is 1. The van der Waals surface area contributed by atoms with Gasteiger partial charge in [0.1, 0.15) is 10.7 Å². The number of hydrogen-bond acceptors (Lipinski definition) is 7. The van der Waals surface area contributed by atoms with Crippen molar-refractivity contribution in [3.63, 3.8) is 0 Å². The number of thioether (sulfide) groups is 1. The standard InChI is InChI=1S/C22H17ClN2O6S2/c1-10(21(26)27)24-13-5-12(23)3-4-17(13)32-19(24)8-20-25(11(2)22(28)29)14-6-15-16(31-9-30-15)7-18(14)33-20/h3-8,10-11H,9H2,1-2H3,(H-,26,27,28,29)/p+1. The van der Waals surface area contributed by atoms with Crippen LogP contribution in [0.4, 0.5) is 5.69 Å². The Balaban J connectivity index is 1.70. The minimum Gasteiger partial charge on any atom is -0.480 e. The smallest absolute Gasteiger partial charge is 0.373 e. The zero-order chi connectivity index (χ0) is 23.4. The van der Waals surface area contributed by atoms with Gasteiger partial charge in [0.25, 0.3) is 11.0 Å². The second-order valence-corrected chi connectivity index (χ2v) is 10.1. The quantitative estimate of drug-likeness (QED) is 0.485. The van der Waals surface area contributed by atoms with Crippen LogP contribution < -0.4 is 18.9 Å². The minimum atomic E-state index is -0.984. The fraction of sp³-hybridized carbons (Fsp3) is 0.227. The summed E-state index contributed by atoms with van der Waals surface area (Å²) in [4.78, 5) is 26.4. The van der Waals surface area contributed by atoms with Crippen LogP contribution in [0.5, 0.6) is 11.5 Å². The third-order valence-electron chi connectivity index (χ3n) is 5.53. The molecule has 5 rings (SSSR count). The van der Waals surface area contributed by atoms with Gasteiger partial charge in [0, 0.05) is 22.9 Å². The van der Waals surface area contributed by atoms with E-state index in [9.17, 15) is 19.8 Å². The average molecular weight is 506 g/mol. The Bertz CT molecular complexity index is 1350. The van der Waals surface area contributed by atoms with Crippen LogP contribution in [-0.4, -0.2) is 35.0 Å². The second kappa shape index (κ2) is 8.12. The normalized spacial score (nSPS) is 17.4. The van der Waals surface area contributed by atoms with Gasteiger partial charge < -0.3 is 24.6 Å². The number of anilines is 1. The molecule has 0 spiro atoms. The summed E-state index contributed by atoms with van der Waals surface area (Å²) in [6.45, 7) is 3.33. The fourth-order valence-electron chi connectivity index (χ4n) is 3.83. The summed E-state index contributed by atoms with van der Waals surface area (Å²) in [5.41, 5.74) is 1.40. The zero-order valence-corrected chi connectivity index (χ0v) is 19.8. The van der Waals surface area contributed by atoms with E-state index in [1.165, 1.54) is 23.1 Å². The van der Waals surface area contributed by atoms with Crippen molar-refractivity contribution in [1.29, 1.82) is 0 Å². The van der Waals surface area contributed by atoms with E-state index in [1.807, 2.05) is 18.2 Å². The zero-order valence-electron chi connectivity index (χ0n) is 17.4. The predicted molar refractivity (Wildman–Crippen MR) is 125 cm³/mol. The van der Waals surface area contributed by atoms with Gasteiger partial charge in [-0.05, 0) is 25.1 Å².